The second kappa shape index (κ2) is 7.34. The van der Waals surface area contributed by atoms with Crippen molar-refractivity contribution in [3.63, 3.8) is 0 Å². The van der Waals surface area contributed by atoms with Crippen LogP contribution in [-0.4, -0.2) is 36.2 Å². The van der Waals surface area contributed by atoms with E-state index in [0.717, 1.165) is 5.56 Å². The van der Waals surface area contributed by atoms with Crippen molar-refractivity contribution in [2.24, 2.45) is 5.92 Å². The highest BCUT2D eigenvalue weighted by molar-refractivity contribution is 5.76. The first-order chi connectivity index (χ1) is 10.8. The molecule has 1 saturated heterocycles. The average molecular weight is 329 g/mol. The number of hydrogen-bond acceptors (Lipinski definition) is 2. The maximum absolute atomic E-state index is 12.3. The minimum atomic E-state index is -4.31. The van der Waals surface area contributed by atoms with Gasteiger partial charge in [0.1, 0.15) is 6.10 Å². The first-order valence-corrected chi connectivity index (χ1v) is 7.81. The molecule has 1 heterocycles. The smallest absolute Gasteiger partial charge is 0.366 e. The molecule has 0 unspecified atom stereocenters. The summed E-state index contributed by atoms with van der Waals surface area (Å²) in [6, 6.07) is 9.47. The van der Waals surface area contributed by atoms with Crippen LogP contribution in [0.5, 0.6) is 0 Å². The van der Waals surface area contributed by atoms with Gasteiger partial charge in [0.2, 0.25) is 5.91 Å². The topological polar surface area (TPSA) is 29.5 Å². The Hall–Kier alpha value is -1.56. The number of nitrogens with zero attached hydrogens (tertiary/aromatic N) is 1. The van der Waals surface area contributed by atoms with E-state index in [-0.39, 0.29) is 18.1 Å². The van der Waals surface area contributed by atoms with Crippen molar-refractivity contribution in [2.75, 3.05) is 13.1 Å². The molecule has 23 heavy (non-hydrogen) atoms. The summed E-state index contributed by atoms with van der Waals surface area (Å²) < 4.78 is 43.0. The van der Waals surface area contributed by atoms with Crippen molar-refractivity contribution in [3.8, 4) is 0 Å². The predicted octanol–water partition coefficient (Wildman–Crippen LogP) is 3.95. The lowest BCUT2D eigenvalue weighted by Gasteiger charge is -2.40. The fraction of sp³-hybridized carbons (Fsp3) is 0.588. The Bertz CT molecular complexity index is 516. The third-order valence-corrected chi connectivity index (χ3v) is 4.02. The Kier molecular flexibility index (Phi) is 5.68. The van der Waals surface area contributed by atoms with Crippen molar-refractivity contribution in [3.05, 3.63) is 35.9 Å². The number of ether oxygens (including phenoxy) is 1. The van der Waals surface area contributed by atoms with Crippen LogP contribution in [0.4, 0.5) is 13.2 Å². The van der Waals surface area contributed by atoms with Gasteiger partial charge in [0, 0.05) is 13.0 Å². The summed E-state index contributed by atoms with van der Waals surface area (Å²) in [6.07, 6.45) is -6.37. The monoisotopic (exact) mass is 329 g/mol. The van der Waals surface area contributed by atoms with Gasteiger partial charge in [0.05, 0.1) is 19.1 Å². The fourth-order valence-corrected chi connectivity index (χ4v) is 2.62. The Balaban J connectivity index is 2.08. The molecule has 1 aromatic rings. The molecule has 0 aromatic heterocycles. The van der Waals surface area contributed by atoms with Gasteiger partial charge in [-0.05, 0) is 11.5 Å². The summed E-state index contributed by atoms with van der Waals surface area (Å²) in [6.45, 7) is 4.61. The molecule has 1 aromatic carbocycles. The summed E-state index contributed by atoms with van der Waals surface area (Å²) in [4.78, 5) is 13.7. The highest BCUT2D eigenvalue weighted by Crippen LogP contribution is 2.29. The van der Waals surface area contributed by atoms with E-state index in [1.54, 1.807) is 0 Å². The number of amides is 1. The quantitative estimate of drug-likeness (QED) is 0.837. The third kappa shape index (κ3) is 5.23. The molecule has 0 N–H and O–H groups in total. The van der Waals surface area contributed by atoms with Crippen molar-refractivity contribution in [2.45, 2.75) is 45.1 Å². The molecule has 1 fully saturated rings. The number of rotatable bonds is 4. The molecule has 0 spiro atoms. The van der Waals surface area contributed by atoms with E-state index in [0.29, 0.717) is 13.1 Å². The number of halogens is 3. The van der Waals surface area contributed by atoms with Crippen LogP contribution in [0.25, 0.3) is 0 Å². The number of alkyl halides is 3. The lowest BCUT2D eigenvalue weighted by atomic mass is 10.0. The van der Waals surface area contributed by atoms with E-state index in [4.69, 9.17) is 4.74 Å². The van der Waals surface area contributed by atoms with Gasteiger partial charge in [-0.25, -0.2) is 0 Å². The molecule has 0 radical (unpaired) electrons. The Morgan fingerprint density at radius 2 is 1.91 bits per heavy atom. The predicted molar refractivity (Wildman–Crippen MR) is 80.8 cm³/mol. The van der Waals surface area contributed by atoms with Crippen molar-refractivity contribution < 1.29 is 22.7 Å². The normalized spacial score (nSPS) is 22.4. The Morgan fingerprint density at radius 3 is 2.48 bits per heavy atom. The summed E-state index contributed by atoms with van der Waals surface area (Å²) in [5.74, 6) is -0.281. The highest BCUT2D eigenvalue weighted by atomic mass is 19.4. The summed E-state index contributed by atoms with van der Waals surface area (Å²) in [7, 11) is 0. The number of morpholine rings is 1. The van der Waals surface area contributed by atoms with Crippen LogP contribution in [-0.2, 0) is 9.53 Å². The van der Waals surface area contributed by atoms with Crippen molar-refractivity contribution in [1.29, 1.82) is 0 Å². The summed E-state index contributed by atoms with van der Waals surface area (Å²) in [5, 5.41) is 0. The molecule has 3 nitrogen and oxygen atoms in total. The maximum Gasteiger partial charge on any atom is 0.389 e. The molecule has 0 saturated carbocycles. The minimum absolute atomic E-state index is 0.177. The molecule has 1 amide bonds. The van der Waals surface area contributed by atoms with Crippen LogP contribution in [0.1, 0.15) is 38.4 Å². The number of hydrogen-bond donors (Lipinski definition) is 0. The number of carbonyl (C=O) groups is 1. The first kappa shape index (κ1) is 17.8. The standard InChI is InChI=1S/C17H22F3NO2/c1-12(2)14-10-21(16(22)8-9-17(18,19)20)11-15(23-14)13-6-4-3-5-7-13/h3-7,12,14-15H,8-11H2,1-2H3/t14-,15+/m1/s1. The molecule has 2 rings (SSSR count). The zero-order valence-corrected chi connectivity index (χ0v) is 13.3. The molecular formula is C17H22F3NO2. The van der Waals surface area contributed by atoms with E-state index < -0.39 is 24.9 Å². The van der Waals surface area contributed by atoms with E-state index in [2.05, 4.69) is 0 Å². The molecule has 0 aliphatic carbocycles. The van der Waals surface area contributed by atoms with Gasteiger partial charge >= 0.3 is 6.18 Å². The molecular weight excluding hydrogens is 307 g/mol. The highest BCUT2D eigenvalue weighted by Gasteiger charge is 2.35. The van der Waals surface area contributed by atoms with Crippen molar-refractivity contribution >= 4 is 5.91 Å². The van der Waals surface area contributed by atoms with Gasteiger partial charge in [-0.15, -0.1) is 0 Å². The van der Waals surface area contributed by atoms with Crippen LogP contribution in [0.2, 0.25) is 0 Å². The van der Waals surface area contributed by atoms with Gasteiger partial charge < -0.3 is 9.64 Å². The van der Waals surface area contributed by atoms with Gasteiger partial charge in [0.25, 0.3) is 0 Å². The van der Waals surface area contributed by atoms with Gasteiger partial charge in [0.15, 0.2) is 0 Å². The van der Waals surface area contributed by atoms with Crippen LogP contribution in [0.15, 0.2) is 30.3 Å². The van der Waals surface area contributed by atoms with E-state index in [9.17, 15) is 18.0 Å². The van der Waals surface area contributed by atoms with Crippen LogP contribution >= 0.6 is 0 Å². The van der Waals surface area contributed by atoms with E-state index >= 15 is 0 Å². The maximum atomic E-state index is 12.3. The average Bonchev–Trinajstić information content (AvgIpc) is 2.52. The first-order valence-electron chi connectivity index (χ1n) is 7.81. The second-order valence-electron chi connectivity index (χ2n) is 6.23. The molecule has 0 bridgehead atoms. The van der Waals surface area contributed by atoms with Gasteiger partial charge in [-0.2, -0.15) is 13.2 Å². The summed E-state index contributed by atoms with van der Waals surface area (Å²) in [5.41, 5.74) is 0.937. The Labute approximate surface area is 134 Å². The number of carbonyl (C=O) groups excluding carboxylic acids is 1. The van der Waals surface area contributed by atoms with Crippen LogP contribution < -0.4 is 0 Å². The fourth-order valence-electron chi connectivity index (χ4n) is 2.62. The lowest BCUT2D eigenvalue weighted by Crippen LogP contribution is -2.48. The minimum Gasteiger partial charge on any atom is -0.366 e. The number of benzene rings is 1. The summed E-state index contributed by atoms with van der Waals surface area (Å²) >= 11 is 0. The van der Waals surface area contributed by atoms with Gasteiger partial charge in [-0.1, -0.05) is 44.2 Å². The van der Waals surface area contributed by atoms with E-state index in [1.807, 2.05) is 44.2 Å². The van der Waals surface area contributed by atoms with Crippen molar-refractivity contribution in [1.82, 2.24) is 4.90 Å². The lowest BCUT2D eigenvalue weighted by molar-refractivity contribution is -0.159. The van der Waals surface area contributed by atoms with Crippen LogP contribution in [0, 0.1) is 5.92 Å². The second-order valence-corrected chi connectivity index (χ2v) is 6.23. The molecule has 6 heteroatoms. The molecule has 2 atom stereocenters. The molecule has 128 valence electrons. The van der Waals surface area contributed by atoms with E-state index in [1.165, 1.54) is 4.90 Å². The largest absolute Gasteiger partial charge is 0.389 e. The Morgan fingerprint density at radius 1 is 1.26 bits per heavy atom. The zero-order chi connectivity index (χ0) is 17.0. The SMILES string of the molecule is CC(C)[C@H]1CN(C(=O)CCC(F)(F)F)C[C@@H](c2ccccc2)O1. The molecule has 1 aliphatic heterocycles. The third-order valence-electron chi connectivity index (χ3n) is 4.02. The zero-order valence-electron chi connectivity index (χ0n) is 13.3. The van der Waals surface area contributed by atoms with Crippen LogP contribution in [0.3, 0.4) is 0 Å². The van der Waals surface area contributed by atoms with Gasteiger partial charge in [-0.3, -0.25) is 4.79 Å². The molecule has 1 aliphatic rings.